The molecule has 0 aromatic carbocycles. The van der Waals surface area contributed by atoms with Crippen LogP contribution in [0.2, 0.25) is 0 Å². The fraction of sp³-hybridized carbons (Fsp3) is 1.00. The standard InChI is InChI=1S/C10H23N3/c1-10(2,8-11)13-6-5-9(7-13)12(3)4/h9H,5-8,11H2,1-4H3. The Morgan fingerprint density at radius 3 is 2.46 bits per heavy atom. The highest BCUT2D eigenvalue weighted by molar-refractivity contribution is 4.90. The number of nitrogens with two attached hydrogens (primary N) is 1. The van der Waals surface area contributed by atoms with Gasteiger partial charge in [0.25, 0.3) is 0 Å². The number of nitrogens with zero attached hydrogens (tertiary/aromatic N) is 2. The fourth-order valence-corrected chi connectivity index (χ4v) is 1.84. The number of likely N-dealkylation sites (tertiary alicyclic amines) is 1. The van der Waals surface area contributed by atoms with Crippen LogP contribution in [0.15, 0.2) is 0 Å². The second-order valence-corrected chi connectivity index (χ2v) is 4.87. The molecule has 1 atom stereocenters. The first-order valence-corrected chi connectivity index (χ1v) is 5.09. The summed E-state index contributed by atoms with van der Waals surface area (Å²) in [7, 11) is 4.31. The van der Waals surface area contributed by atoms with Crippen molar-refractivity contribution in [2.75, 3.05) is 33.7 Å². The van der Waals surface area contributed by atoms with E-state index in [9.17, 15) is 0 Å². The van der Waals surface area contributed by atoms with Gasteiger partial charge >= 0.3 is 0 Å². The van der Waals surface area contributed by atoms with Gasteiger partial charge in [-0.3, -0.25) is 4.90 Å². The highest BCUT2D eigenvalue weighted by Crippen LogP contribution is 2.21. The molecule has 1 rings (SSSR count). The van der Waals surface area contributed by atoms with Crippen LogP contribution in [-0.2, 0) is 0 Å². The molecule has 0 bridgehead atoms. The van der Waals surface area contributed by atoms with Crippen molar-refractivity contribution in [1.82, 2.24) is 9.80 Å². The van der Waals surface area contributed by atoms with E-state index in [0.717, 1.165) is 13.1 Å². The maximum atomic E-state index is 5.75. The molecule has 1 heterocycles. The first kappa shape index (κ1) is 11.0. The van der Waals surface area contributed by atoms with Crippen LogP contribution in [0.5, 0.6) is 0 Å². The first-order chi connectivity index (χ1) is 5.97. The number of likely N-dealkylation sites (N-methyl/N-ethyl adjacent to an activating group) is 1. The molecule has 0 saturated carbocycles. The van der Waals surface area contributed by atoms with Gasteiger partial charge in [-0.25, -0.2) is 0 Å². The summed E-state index contributed by atoms with van der Waals surface area (Å²) in [5.41, 5.74) is 5.92. The van der Waals surface area contributed by atoms with E-state index in [-0.39, 0.29) is 5.54 Å². The van der Waals surface area contributed by atoms with Crippen molar-refractivity contribution in [3.05, 3.63) is 0 Å². The predicted octanol–water partition coefficient (Wildman–Crippen LogP) is 0.360. The van der Waals surface area contributed by atoms with Gasteiger partial charge < -0.3 is 10.6 Å². The number of hydrogen-bond acceptors (Lipinski definition) is 3. The average molecular weight is 185 g/mol. The van der Waals surface area contributed by atoms with Crippen molar-refractivity contribution < 1.29 is 0 Å². The molecule has 0 aromatic rings. The van der Waals surface area contributed by atoms with Crippen LogP contribution >= 0.6 is 0 Å². The summed E-state index contributed by atoms with van der Waals surface area (Å²) in [5, 5.41) is 0. The summed E-state index contributed by atoms with van der Waals surface area (Å²) in [4.78, 5) is 4.81. The molecule has 1 fully saturated rings. The molecule has 2 N–H and O–H groups in total. The Morgan fingerprint density at radius 1 is 1.46 bits per heavy atom. The van der Waals surface area contributed by atoms with Crippen LogP contribution in [0.4, 0.5) is 0 Å². The highest BCUT2D eigenvalue weighted by Gasteiger charge is 2.32. The Hall–Kier alpha value is -0.120. The largest absolute Gasteiger partial charge is 0.329 e. The first-order valence-electron chi connectivity index (χ1n) is 5.09. The maximum absolute atomic E-state index is 5.75. The Labute approximate surface area is 81.9 Å². The zero-order chi connectivity index (χ0) is 10.1. The molecule has 13 heavy (non-hydrogen) atoms. The van der Waals surface area contributed by atoms with E-state index in [2.05, 4.69) is 37.7 Å². The molecular weight excluding hydrogens is 162 g/mol. The van der Waals surface area contributed by atoms with Gasteiger partial charge in [-0.15, -0.1) is 0 Å². The zero-order valence-corrected chi connectivity index (χ0v) is 9.38. The topological polar surface area (TPSA) is 32.5 Å². The van der Waals surface area contributed by atoms with Crippen LogP contribution in [0.3, 0.4) is 0 Å². The van der Waals surface area contributed by atoms with Crippen LogP contribution in [0.1, 0.15) is 20.3 Å². The molecule has 1 aliphatic rings. The fourth-order valence-electron chi connectivity index (χ4n) is 1.84. The average Bonchev–Trinajstić information content (AvgIpc) is 2.52. The third-order valence-electron chi connectivity index (χ3n) is 3.25. The van der Waals surface area contributed by atoms with Crippen molar-refractivity contribution in [3.63, 3.8) is 0 Å². The molecule has 0 spiro atoms. The Bertz CT molecular complexity index is 166. The lowest BCUT2D eigenvalue weighted by Gasteiger charge is -2.34. The minimum Gasteiger partial charge on any atom is -0.329 e. The molecule has 1 aliphatic heterocycles. The van der Waals surface area contributed by atoms with Gasteiger partial charge in [-0.1, -0.05) is 0 Å². The van der Waals surface area contributed by atoms with E-state index in [0.29, 0.717) is 6.04 Å². The second-order valence-electron chi connectivity index (χ2n) is 4.87. The van der Waals surface area contributed by atoms with Crippen molar-refractivity contribution in [2.45, 2.75) is 31.8 Å². The summed E-state index contributed by atoms with van der Waals surface area (Å²) < 4.78 is 0. The Morgan fingerprint density at radius 2 is 2.08 bits per heavy atom. The lowest BCUT2D eigenvalue weighted by molar-refractivity contribution is 0.149. The molecule has 3 nitrogen and oxygen atoms in total. The van der Waals surface area contributed by atoms with E-state index in [1.807, 2.05) is 0 Å². The summed E-state index contributed by atoms with van der Waals surface area (Å²) in [5.74, 6) is 0. The van der Waals surface area contributed by atoms with Crippen LogP contribution in [0.25, 0.3) is 0 Å². The lowest BCUT2D eigenvalue weighted by Crippen LogP contribution is -2.49. The van der Waals surface area contributed by atoms with E-state index in [4.69, 9.17) is 5.73 Å². The van der Waals surface area contributed by atoms with Crippen LogP contribution in [0, 0.1) is 0 Å². The summed E-state index contributed by atoms with van der Waals surface area (Å²) in [6, 6.07) is 0.714. The zero-order valence-electron chi connectivity index (χ0n) is 9.38. The Balaban J connectivity index is 2.49. The van der Waals surface area contributed by atoms with Gasteiger partial charge in [-0.05, 0) is 34.4 Å². The van der Waals surface area contributed by atoms with Gasteiger partial charge in [0.2, 0.25) is 0 Å². The molecule has 3 heteroatoms. The van der Waals surface area contributed by atoms with Crippen LogP contribution < -0.4 is 5.73 Å². The molecule has 1 saturated heterocycles. The Kier molecular flexibility index (Phi) is 3.33. The summed E-state index contributed by atoms with van der Waals surface area (Å²) in [6.07, 6.45) is 1.27. The maximum Gasteiger partial charge on any atom is 0.0276 e. The van der Waals surface area contributed by atoms with E-state index in [1.165, 1.54) is 13.0 Å². The van der Waals surface area contributed by atoms with Gasteiger partial charge in [0.15, 0.2) is 0 Å². The molecule has 0 radical (unpaired) electrons. The second kappa shape index (κ2) is 3.95. The third kappa shape index (κ3) is 2.42. The molecule has 0 aromatic heterocycles. The monoisotopic (exact) mass is 185 g/mol. The molecule has 1 unspecified atom stereocenters. The van der Waals surface area contributed by atoms with Gasteiger partial charge in [0.05, 0.1) is 0 Å². The van der Waals surface area contributed by atoms with E-state index in [1.54, 1.807) is 0 Å². The van der Waals surface area contributed by atoms with Crippen molar-refractivity contribution in [1.29, 1.82) is 0 Å². The normalized spacial score (nSPS) is 25.8. The smallest absolute Gasteiger partial charge is 0.0276 e. The minimum atomic E-state index is 0.171. The highest BCUT2D eigenvalue weighted by atomic mass is 15.3. The SMILES string of the molecule is CN(C)C1CCN(C(C)(C)CN)C1. The minimum absolute atomic E-state index is 0.171. The van der Waals surface area contributed by atoms with Crippen LogP contribution in [-0.4, -0.2) is 55.1 Å². The molecule has 78 valence electrons. The molecule has 0 amide bonds. The van der Waals surface area contributed by atoms with Crippen molar-refractivity contribution in [2.24, 2.45) is 5.73 Å². The number of rotatable bonds is 3. The van der Waals surface area contributed by atoms with E-state index < -0.39 is 0 Å². The quantitative estimate of drug-likeness (QED) is 0.689. The summed E-state index contributed by atoms with van der Waals surface area (Å²) in [6.45, 7) is 7.55. The van der Waals surface area contributed by atoms with Crippen molar-refractivity contribution >= 4 is 0 Å². The number of hydrogen-bond donors (Lipinski definition) is 1. The third-order valence-corrected chi connectivity index (χ3v) is 3.25. The van der Waals surface area contributed by atoms with Gasteiger partial charge in [0, 0.05) is 31.2 Å². The lowest BCUT2D eigenvalue weighted by atomic mass is 10.0. The van der Waals surface area contributed by atoms with E-state index >= 15 is 0 Å². The summed E-state index contributed by atoms with van der Waals surface area (Å²) >= 11 is 0. The predicted molar refractivity (Wildman–Crippen MR) is 56.8 cm³/mol. The van der Waals surface area contributed by atoms with Gasteiger partial charge in [-0.2, -0.15) is 0 Å². The van der Waals surface area contributed by atoms with Gasteiger partial charge in [0.1, 0.15) is 0 Å². The molecule has 0 aliphatic carbocycles. The molecular formula is C10H23N3. The van der Waals surface area contributed by atoms with Crippen molar-refractivity contribution in [3.8, 4) is 0 Å².